The number of carbonyl (C=O) groups is 2. The van der Waals surface area contributed by atoms with E-state index in [1.807, 2.05) is 56.8 Å². The van der Waals surface area contributed by atoms with Gasteiger partial charge >= 0.3 is 11.9 Å². The molecule has 0 aliphatic rings. The molecular weight excluding hydrogens is 1030 g/mol. The number of aromatic hydroxyl groups is 3. The number of esters is 2. The summed E-state index contributed by atoms with van der Waals surface area (Å²) in [6.07, 6.45) is 30.0. The maximum absolute atomic E-state index is 11.7. The third kappa shape index (κ3) is 33.7. The minimum atomic E-state index is -0.220. The lowest BCUT2D eigenvalue weighted by Gasteiger charge is -2.28. The largest absolute Gasteiger partial charge is 0.507 e. The van der Waals surface area contributed by atoms with Crippen molar-refractivity contribution < 1.29 is 39.1 Å². The Hall–Kier alpha value is -3.34. The van der Waals surface area contributed by atoms with Gasteiger partial charge in [0.25, 0.3) is 0 Å². The average Bonchev–Trinajstić information content (AvgIpc) is 3.39. The number of unbranched alkanes of at least 4 members (excludes halogenated alkanes) is 18. The molecule has 80 heavy (non-hydrogen) atoms. The van der Waals surface area contributed by atoms with Gasteiger partial charge in [-0.2, -0.15) is 23.5 Å². The number of carbonyl (C=O) groups excluding carboxylic acids is 2. The van der Waals surface area contributed by atoms with Crippen LogP contribution in [-0.4, -0.2) is 65.2 Å². The first-order valence-corrected chi connectivity index (χ1v) is 33.8. The van der Waals surface area contributed by atoms with Crippen LogP contribution >= 0.6 is 23.5 Å². The van der Waals surface area contributed by atoms with Gasteiger partial charge in [-0.25, -0.2) is 0 Å². The maximum Gasteiger partial charge on any atom is 0.306 e. The van der Waals surface area contributed by atoms with Crippen molar-refractivity contribution >= 4 is 35.5 Å². The first-order valence-electron chi connectivity index (χ1n) is 31.5. The number of benzene rings is 3. The van der Waals surface area contributed by atoms with E-state index in [0.29, 0.717) is 69.4 Å². The molecule has 0 amide bonds. The Morgan fingerprint density at radius 3 is 1.23 bits per heavy atom. The SMILES string of the molecule is CCCCCCCCCCCCSCc1cc(C)c(O)c(CSCCCCCCCCCCCC)c1.CCOC(=O)CCc1cc(C(C)(C)C)c(O)c(C(C)(C)C)c1.CCOCCOC(=O)CCc1cc(C)c(O)c(C(C)(C)C)c1. The summed E-state index contributed by atoms with van der Waals surface area (Å²) in [5.41, 5.74) is 8.86. The van der Waals surface area contributed by atoms with Gasteiger partial charge in [-0.3, -0.25) is 9.59 Å². The number of hydrogen-bond acceptors (Lipinski definition) is 10. The van der Waals surface area contributed by atoms with Crippen molar-refractivity contribution in [1.82, 2.24) is 0 Å². The summed E-state index contributed by atoms with van der Waals surface area (Å²) in [7, 11) is 0. The van der Waals surface area contributed by atoms with E-state index in [1.54, 1.807) is 0 Å². The molecule has 0 saturated heterocycles. The molecular formula is C70H118O8S2. The fourth-order valence-electron chi connectivity index (χ4n) is 9.59. The van der Waals surface area contributed by atoms with Crippen LogP contribution in [0.5, 0.6) is 17.2 Å². The van der Waals surface area contributed by atoms with E-state index in [9.17, 15) is 24.9 Å². The zero-order valence-corrected chi connectivity index (χ0v) is 55.4. The van der Waals surface area contributed by atoms with E-state index >= 15 is 0 Å². The van der Waals surface area contributed by atoms with Crippen LogP contribution in [-0.2, 0) is 64.4 Å². The topological polar surface area (TPSA) is 123 Å². The summed E-state index contributed by atoms with van der Waals surface area (Å²) in [5.74, 6) is 5.35. The molecule has 3 aromatic carbocycles. The van der Waals surface area contributed by atoms with Crippen LogP contribution in [0.25, 0.3) is 0 Å². The fraction of sp³-hybridized carbons (Fsp3) is 0.714. The van der Waals surface area contributed by atoms with E-state index in [2.05, 4.69) is 107 Å². The number of hydrogen-bond donors (Lipinski definition) is 3. The van der Waals surface area contributed by atoms with Gasteiger partial charge in [-0.05, 0) is 126 Å². The van der Waals surface area contributed by atoms with Crippen LogP contribution in [0.2, 0.25) is 0 Å². The molecule has 3 N–H and O–H groups in total. The van der Waals surface area contributed by atoms with Crippen molar-refractivity contribution in [1.29, 1.82) is 0 Å². The van der Waals surface area contributed by atoms with E-state index in [4.69, 9.17) is 14.2 Å². The van der Waals surface area contributed by atoms with Crippen molar-refractivity contribution in [3.63, 3.8) is 0 Å². The number of aryl methyl sites for hydroxylation is 4. The molecule has 0 radical (unpaired) electrons. The molecule has 3 rings (SSSR count). The smallest absolute Gasteiger partial charge is 0.306 e. The Kier molecular flexibility index (Phi) is 39.6. The van der Waals surface area contributed by atoms with E-state index < -0.39 is 0 Å². The zero-order chi connectivity index (χ0) is 60.0. The van der Waals surface area contributed by atoms with Gasteiger partial charge in [0.15, 0.2) is 0 Å². The number of rotatable bonds is 37. The molecule has 0 bridgehead atoms. The maximum atomic E-state index is 11.7. The summed E-state index contributed by atoms with van der Waals surface area (Å²) in [5, 5.41) is 31.4. The molecule has 0 aliphatic carbocycles. The Morgan fingerprint density at radius 1 is 0.425 bits per heavy atom. The molecule has 10 heteroatoms. The predicted molar refractivity (Wildman–Crippen MR) is 347 cm³/mol. The standard InChI is InChI=1S/C33H60OS2.C19H30O3.C18H28O4/c1-4-6-8-10-12-14-16-18-20-22-24-35-28-31-26-30(3)33(34)32(27-31)29-36-25-23-21-19-17-15-13-11-9-7-5-2;1-8-22-16(20)10-9-13-11-14(18(2,3)4)17(21)15(12-13)19(5,6)7;1-6-21-9-10-22-16(19)8-7-14-11-13(2)17(20)15(12-14)18(3,4)5/h26-27,34H,4-25,28-29H2,1-3H3;11-12,21H,8-10H2,1-7H3;11-12,20H,6-10H2,1-5H3. The van der Waals surface area contributed by atoms with Gasteiger partial charge in [-0.1, -0.05) is 228 Å². The minimum absolute atomic E-state index is 0.136. The van der Waals surface area contributed by atoms with Gasteiger partial charge in [-0.15, -0.1) is 0 Å². The monoisotopic (exact) mass is 1150 g/mol. The van der Waals surface area contributed by atoms with Crippen LogP contribution in [0, 0.1) is 13.8 Å². The first kappa shape index (κ1) is 74.7. The van der Waals surface area contributed by atoms with E-state index in [0.717, 1.165) is 56.0 Å². The highest BCUT2D eigenvalue weighted by Gasteiger charge is 2.27. The molecule has 0 spiro atoms. The summed E-state index contributed by atoms with van der Waals surface area (Å²) >= 11 is 4.06. The third-order valence-corrected chi connectivity index (χ3v) is 16.6. The second-order valence-corrected chi connectivity index (χ2v) is 27.4. The van der Waals surface area contributed by atoms with Crippen molar-refractivity contribution in [2.45, 2.75) is 286 Å². The molecule has 0 unspecified atom stereocenters. The van der Waals surface area contributed by atoms with Gasteiger partial charge in [0, 0.05) is 36.5 Å². The van der Waals surface area contributed by atoms with Crippen LogP contribution in [0.15, 0.2) is 36.4 Å². The molecule has 0 aliphatic heterocycles. The van der Waals surface area contributed by atoms with Gasteiger partial charge < -0.3 is 29.5 Å². The summed E-state index contributed by atoms with van der Waals surface area (Å²) in [4.78, 5) is 23.3. The van der Waals surface area contributed by atoms with E-state index in [-0.39, 0.29) is 28.2 Å². The van der Waals surface area contributed by atoms with Crippen LogP contribution in [0.3, 0.4) is 0 Å². The van der Waals surface area contributed by atoms with Gasteiger partial charge in [0.05, 0.1) is 13.2 Å². The van der Waals surface area contributed by atoms with Crippen molar-refractivity contribution in [2.24, 2.45) is 0 Å². The van der Waals surface area contributed by atoms with Crippen molar-refractivity contribution in [2.75, 3.05) is 37.9 Å². The molecule has 0 fully saturated rings. The van der Waals surface area contributed by atoms with Crippen molar-refractivity contribution in [3.05, 3.63) is 86.5 Å². The number of ether oxygens (including phenoxy) is 3. The van der Waals surface area contributed by atoms with Crippen LogP contribution in [0.1, 0.15) is 281 Å². The Balaban J connectivity index is 0.000000631. The van der Waals surface area contributed by atoms with Crippen molar-refractivity contribution in [3.8, 4) is 17.2 Å². The second kappa shape index (κ2) is 42.5. The number of phenolic OH excluding ortho intramolecular Hbond substituents is 3. The minimum Gasteiger partial charge on any atom is -0.507 e. The highest BCUT2D eigenvalue weighted by molar-refractivity contribution is 7.98. The van der Waals surface area contributed by atoms with Crippen LogP contribution < -0.4 is 0 Å². The highest BCUT2D eigenvalue weighted by Crippen LogP contribution is 2.40. The quantitative estimate of drug-likeness (QED) is 0.0380. The second-order valence-electron chi connectivity index (χ2n) is 25.2. The molecule has 458 valence electrons. The van der Waals surface area contributed by atoms with E-state index in [1.165, 1.54) is 145 Å². The molecule has 8 nitrogen and oxygen atoms in total. The Labute approximate surface area is 499 Å². The fourth-order valence-corrected chi connectivity index (χ4v) is 11.5. The number of phenols is 3. The molecule has 3 aromatic rings. The lowest BCUT2D eigenvalue weighted by Crippen LogP contribution is -2.18. The third-order valence-electron chi connectivity index (χ3n) is 14.4. The Bertz CT molecular complexity index is 2090. The summed E-state index contributed by atoms with van der Waals surface area (Å²) < 4.78 is 15.2. The van der Waals surface area contributed by atoms with Crippen LogP contribution in [0.4, 0.5) is 0 Å². The first-order chi connectivity index (χ1) is 37.9. The predicted octanol–water partition coefficient (Wildman–Crippen LogP) is 20.0. The van der Waals surface area contributed by atoms with Gasteiger partial charge in [0.2, 0.25) is 0 Å². The zero-order valence-electron chi connectivity index (χ0n) is 53.8. The lowest BCUT2D eigenvalue weighted by molar-refractivity contribution is -0.145. The molecule has 0 atom stereocenters. The average molecular weight is 1150 g/mol. The summed E-state index contributed by atoms with van der Waals surface area (Å²) in [6, 6.07) is 12.4. The summed E-state index contributed by atoms with van der Waals surface area (Å²) in [6.45, 7) is 32.7. The lowest BCUT2D eigenvalue weighted by atomic mass is 9.78. The molecule has 0 heterocycles. The Morgan fingerprint density at radius 2 is 0.800 bits per heavy atom. The molecule has 0 saturated carbocycles. The molecule has 0 aromatic heterocycles. The van der Waals surface area contributed by atoms with Gasteiger partial charge in [0.1, 0.15) is 23.9 Å². The number of thioether (sulfide) groups is 2. The normalized spacial score (nSPS) is 11.7. The highest BCUT2D eigenvalue weighted by atomic mass is 32.2.